The summed E-state index contributed by atoms with van der Waals surface area (Å²) in [7, 11) is 0. The van der Waals surface area contributed by atoms with Crippen molar-refractivity contribution in [2.45, 2.75) is 47.2 Å². The van der Waals surface area contributed by atoms with Crippen molar-refractivity contribution < 1.29 is 4.79 Å². The first-order valence-electron chi connectivity index (χ1n) is 6.21. The standard InChI is InChI=1S/C15H23NO/c1-10(2)15(13(5)17)16-9-14-7-6-11(3)12(4)8-14/h6-8,10,15-16H,9H2,1-5H3. The Hall–Kier alpha value is -1.15. The van der Waals surface area contributed by atoms with Crippen molar-refractivity contribution >= 4 is 5.78 Å². The van der Waals surface area contributed by atoms with Gasteiger partial charge in [0, 0.05) is 6.54 Å². The summed E-state index contributed by atoms with van der Waals surface area (Å²) in [6, 6.07) is 6.38. The van der Waals surface area contributed by atoms with Crippen LogP contribution in [0, 0.1) is 19.8 Å². The van der Waals surface area contributed by atoms with Crippen LogP contribution in [0.15, 0.2) is 18.2 Å². The Bertz CT molecular complexity index is 396. The number of hydrogen-bond donors (Lipinski definition) is 1. The lowest BCUT2D eigenvalue weighted by Crippen LogP contribution is -2.39. The van der Waals surface area contributed by atoms with E-state index in [0.717, 1.165) is 6.54 Å². The molecule has 0 saturated carbocycles. The average Bonchev–Trinajstić information content (AvgIpc) is 2.22. The van der Waals surface area contributed by atoms with Crippen molar-refractivity contribution in [2.75, 3.05) is 0 Å². The van der Waals surface area contributed by atoms with Crippen molar-refractivity contribution in [3.63, 3.8) is 0 Å². The molecule has 0 fully saturated rings. The van der Waals surface area contributed by atoms with Crippen LogP contribution in [-0.4, -0.2) is 11.8 Å². The second-order valence-corrected chi connectivity index (χ2v) is 5.13. The summed E-state index contributed by atoms with van der Waals surface area (Å²) in [5.74, 6) is 0.544. The van der Waals surface area contributed by atoms with Crippen LogP contribution < -0.4 is 5.32 Å². The van der Waals surface area contributed by atoms with Gasteiger partial charge in [-0.3, -0.25) is 4.79 Å². The Morgan fingerprint density at radius 2 is 1.88 bits per heavy atom. The number of hydrogen-bond acceptors (Lipinski definition) is 2. The zero-order chi connectivity index (χ0) is 13.0. The Labute approximate surface area is 104 Å². The minimum Gasteiger partial charge on any atom is -0.303 e. The third-order valence-corrected chi connectivity index (χ3v) is 3.20. The maximum Gasteiger partial charge on any atom is 0.146 e. The second kappa shape index (κ2) is 5.97. The molecule has 0 amide bonds. The van der Waals surface area contributed by atoms with E-state index in [2.05, 4.69) is 51.2 Å². The molecule has 17 heavy (non-hydrogen) atoms. The summed E-state index contributed by atoms with van der Waals surface area (Å²) in [5.41, 5.74) is 3.84. The van der Waals surface area contributed by atoms with Gasteiger partial charge in [0.25, 0.3) is 0 Å². The first kappa shape index (κ1) is 13.9. The van der Waals surface area contributed by atoms with E-state index in [1.54, 1.807) is 6.92 Å². The minimum absolute atomic E-state index is 0.0448. The molecular weight excluding hydrogens is 210 g/mol. The summed E-state index contributed by atoms with van der Waals surface area (Å²) in [6.07, 6.45) is 0. The van der Waals surface area contributed by atoms with Crippen LogP contribution in [-0.2, 0) is 11.3 Å². The normalized spacial score (nSPS) is 12.8. The molecule has 0 aromatic heterocycles. The van der Waals surface area contributed by atoms with E-state index in [0.29, 0.717) is 5.92 Å². The molecule has 94 valence electrons. The van der Waals surface area contributed by atoms with E-state index < -0.39 is 0 Å². The lowest BCUT2D eigenvalue weighted by Gasteiger charge is -2.19. The fourth-order valence-corrected chi connectivity index (χ4v) is 1.99. The molecular formula is C15H23NO. The lowest BCUT2D eigenvalue weighted by atomic mass is 10.00. The van der Waals surface area contributed by atoms with E-state index in [-0.39, 0.29) is 11.8 Å². The van der Waals surface area contributed by atoms with Gasteiger partial charge in [-0.15, -0.1) is 0 Å². The summed E-state index contributed by atoms with van der Waals surface area (Å²) in [4.78, 5) is 11.5. The lowest BCUT2D eigenvalue weighted by molar-refractivity contribution is -0.120. The van der Waals surface area contributed by atoms with Crippen LogP contribution in [0.25, 0.3) is 0 Å². The SMILES string of the molecule is CC(=O)C(NCc1ccc(C)c(C)c1)C(C)C. The predicted octanol–water partition coefficient (Wildman–Crippen LogP) is 3.01. The number of carbonyl (C=O) groups is 1. The number of nitrogens with one attached hydrogen (secondary N) is 1. The summed E-state index contributed by atoms with van der Waals surface area (Å²) in [5, 5.41) is 3.33. The molecule has 0 aliphatic heterocycles. The number of rotatable bonds is 5. The van der Waals surface area contributed by atoms with Crippen molar-refractivity contribution in [3.05, 3.63) is 34.9 Å². The number of aryl methyl sites for hydroxylation is 2. The third-order valence-electron chi connectivity index (χ3n) is 3.20. The van der Waals surface area contributed by atoms with Crippen molar-refractivity contribution in [1.82, 2.24) is 5.32 Å². The maximum absolute atomic E-state index is 11.5. The van der Waals surface area contributed by atoms with Gasteiger partial charge in [-0.05, 0) is 43.4 Å². The van der Waals surface area contributed by atoms with E-state index >= 15 is 0 Å². The number of carbonyl (C=O) groups excluding carboxylic acids is 1. The van der Waals surface area contributed by atoms with Gasteiger partial charge in [-0.1, -0.05) is 32.0 Å². The van der Waals surface area contributed by atoms with Gasteiger partial charge in [-0.2, -0.15) is 0 Å². The van der Waals surface area contributed by atoms with Crippen molar-refractivity contribution in [2.24, 2.45) is 5.92 Å². The third kappa shape index (κ3) is 3.97. The van der Waals surface area contributed by atoms with E-state index in [1.165, 1.54) is 16.7 Å². The van der Waals surface area contributed by atoms with Crippen LogP contribution in [0.2, 0.25) is 0 Å². The highest BCUT2D eigenvalue weighted by Gasteiger charge is 2.17. The smallest absolute Gasteiger partial charge is 0.146 e. The predicted molar refractivity (Wildman–Crippen MR) is 72.1 cm³/mol. The zero-order valence-electron chi connectivity index (χ0n) is 11.5. The molecule has 0 saturated heterocycles. The molecule has 0 aliphatic rings. The molecule has 0 heterocycles. The molecule has 1 aromatic rings. The van der Waals surface area contributed by atoms with Gasteiger partial charge in [0.2, 0.25) is 0 Å². The Kier molecular flexibility index (Phi) is 4.88. The highest BCUT2D eigenvalue weighted by atomic mass is 16.1. The van der Waals surface area contributed by atoms with Gasteiger partial charge in [0.05, 0.1) is 6.04 Å². The molecule has 0 aliphatic carbocycles. The molecule has 2 nitrogen and oxygen atoms in total. The fraction of sp³-hybridized carbons (Fsp3) is 0.533. The highest BCUT2D eigenvalue weighted by Crippen LogP contribution is 2.11. The molecule has 1 unspecified atom stereocenters. The summed E-state index contributed by atoms with van der Waals surface area (Å²) < 4.78 is 0. The molecule has 0 spiro atoms. The van der Waals surface area contributed by atoms with Crippen molar-refractivity contribution in [3.8, 4) is 0 Å². The quantitative estimate of drug-likeness (QED) is 0.847. The summed E-state index contributed by atoms with van der Waals surface area (Å²) in [6.45, 7) is 10.8. The monoisotopic (exact) mass is 233 g/mol. The van der Waals surface area contributed by atoms with E-state index in [4.69, 9.17) is 0 Å². The molecule has 0 radical (unpaired) electrons. The molecule has 1 atom stereocenters. The zero-order valence-corrected chi connectivity index (χ0v) is 11.5. The van der Waals surface area contributed by atoms with Crippen molar-refractivity contribution in [1.29, 1.82) is 0 Å². The van der Waals surface area contributed by atoms with Gasteiger partial charge < -0.3 is 5.32 Å². The van der Waals surface area contributed by atoms with Gasteiger partial charge in [-0.25, -0.2) is 0 Å². The number of ketones is 1. The minimum atomic E-state index is -0.0448. The Morgan fingerprint density at radius 3 is 2.35 bits per heavy atom. The molecule has 2 heteroatoms. The second-order valence-electron chi connectivity index (χ2n) is 5.13. The maximum atomic E-state index is 11.5. The molecule has 1 N–H and O–H groups in total. The van der Waals surface area contributed by atoms with Gasteiger partial charge in [0.15, 0.2) is 0 Å². The number of benzene rings is 1. The first-order chi connectivity index (χ1) is 7.91. The molecule has 0 bridgehead atoms. The summed E-state index contributed by atoms with van der Waals surface area (Å²) >= 11 is 0. The van der Waals surface area contributed by atoms with Crippen LogP contribution in [0.1, 0.15) is 37.5 Å². The fourth-order valence-electron chi connectivity index (χ4n) is 1.99. The van der Waals surface area contributed by atoms with Gasteiger partial charge in [0.1, 0.15) is 5.78 Å². The van der Waals surface area contributed by atoms with E-state index in [1.807, 2.05) is 0 Å². The molecule has 1 rings (SSSR count). The highest BCUT2D eigenvalue weighted by molar-refractivity contribution is 5.81. The largest absolute Gasteiger partial charge is 0.303 e. The first-order valence-corrected chi connectivity index (χ1v) is 6.21. The van der Waals surface area contributed by atoms with Crippen LogP contribution >= 0.6 is 0 Å². The van der Waals surface area contributed by atoms with E-state index in [9.17, 15) is 4.79 Å². The number of Topliss-reactive ketones (excluding diaryl/α,β-unsaturated/α-hetero) is 1. The van der Waals surface area contributed by atoms with Crippen LogP contribution in [0.5, 0.6) is 0 Å². The Balaban J connectivity index is 2.65. The van der Waals surface area contributed by atoms with Gasteiger partial charge >= 0.3 is 0 Å². The molecule has 1 aromatic carbocycles. The average molecular weight is 233 g/mol. The van der Waals surface area contributed by atoms with Crippen LogP contribution in [0.4, 0.5) is 0 Å². The topological polar surface area (TPSA) is 29.1 Å². The Morgan fingerprint density at radius 1 is 1.24 bits per heavy atom. The van der Waals surface area contributed by atoms with Crippen LogP contribution in [0.3, 0.4) is 0 Å².